The molecule has 0 radical (unpaired) electrons. The number of hydrogen-bond donors (Lipinski definition) is 1. The van der Waals surface area contributed by atoms with Gasteiger partial charge in [0.25, 0.3) is 0 Å². The number of hydrogen-bond acceptors (Lipinski definition) is 3. The van der Waals surface area contributed by atoms with Gasteiger partial charge < -0.3 is 5.11 Å². The Hall–Kier alpha value is -0.380. The topological polar surface area (TPSA) is 23.5 Å². The molecule has 78 valence electrons. The molecule has 0 spiro atoms. The molecule has 1 N–H and O–H groups in total. The highest BCUT2D eigenvalue weighted by Gasteiger charge is 2.39. The summed E-state index contributed by atoms with van der Waals surface area (Å²) in [5, 5.41) is 11.9. The Morgan fingerprint density at radius 1 is 1.64 bits per heavy atom. The molecule has 1 atom stereocenters. The van der Waals surface area contributed by atoms with E-state index in [-0.39, 0.29) is 11.6 Å². The largest absolute Gasteiger partial charge is 0.391 e. The molecule has 1 unspecified atom stereocenters. The number of likely N-dealkylation sites (tertiary alicyclic amines) is 1. The fourth-order valence-corrected chi connectivity index (χ4v) is 2.72. The molecule has 0 amide bonds. The smallest absolute Gasteiger partial charge is 0.0730 e. The zero-order chi connectivity index (χ0) is 10.2. The van der Waals surface area contributed by atoms with Crippen LogP contribution < -0.4 is 0 Å². The van der Waals surface area contributed by atoms with Crippen LogP contribution >= 0.6 is 11.3 Å². The van der Waals surface area contributed by atoms with E-state index in [0.29, 0.717) is 0 Å². The van der Waals surface area contributed by atoms with Gasteiger partial charge in [0.15, 0.2) is 0 Å². The molecule has 2 rings (SSSR count). The van der Waals surface area contributed by atoms with Crippen molar-refractivity contribution in [3.05, 3.63) is 22.4 Å². The van der Waals surface area contributed by atoms with Crippen molar-refractivity contribution in [3.8, 4) is 0 Å². The van der Waals surface area contributed by atoms with E-state index in [1.54, 1.807) is 11.3 Å². The van der Waals surface area contributed by atoms with E-state index in [0.717, 1.165) is 19.5 Å². The average molecular weight is 211 g/mol. The van der Waals surface area contributed by atoms with Gasteiger partial charge in [0.1, 0.15) is 0 Å². The second-order valence-corrected chi connectivity index (χ2v) is 5.49. The highest BCUT2D eigenvalue weighted by atomic mass is 32.1. The lowest BCUT2D eigenvalue weighted by atomic mass is 9.99. The van der Waals surface area contributed by atoms with Crippen LogP contribution in [0.4, 0.5) is 0 Å². The first kappa shape index (κ1) is 10.1. The van der Waals surface area contributed by atoms with E-state index in [9.17, 15) is 5.11 Å². The van der Waals surface area contributed by atoms with Crippen molar-refractivity contribution in [2.24, 2.45) is 0 Å². The first-order valence-corrected chi connectivity index (χ1v) is 5.94. The molecule has 0 bridgehead atoms. The minimum Gasteiger partial charge on any atom is -0.391 e. The van der Waals surface area contributed by atoms with Gasteiger partial charge in [-0.3, -0.25) is 4.90 Å². The molecule has 1 aliphatic rings. The third kappa shape index (κ3) is 1.72. The number of nitrogens with zero attached hydrogens (tertiary/aromatic N) is 1. The first-order valence-electron chi connectivity index (χ1n) is 5.06. The molecule has 1 fully saturated rings. The maximum atomic E-state index is 9.82. The van der Waals surface area contributed by atoms with Gasteiger partial charge in [-0.2, -0.15) is 0 Å². The SMILES string of the molecule is CC1(C)C(O)CCN1Cc1cccs1. The zero-order valence-electron chi connectivity index (χ0n) is 8.73. The number of aliphatic hydroxyl groups is 1. The number of rotatable bonds is 2. The van der Waals surface area contributed by atoms with Crippen molar-refractivity contribution in [1.82, 2.24) is 4.90 Å². The minimum absolute atomic E-state index is 0.0655. The van der Waals surface area contributed by atoms with Crippen molar-refractivity contribution in [2.45, 2.75) is 38.5 Å². The van der Waals surface area contributed by atoms with Gasteiger partial charge in [-0.1, -0.05) is 6.07 Å². The Morgan fingerprint density at radius 2 is 2.43 bits per heavy atom. The number of aliphatic hydroxyl groups excluding tert-OH is 1. The predicted molar refractivity (Wildman–Crippen MR) is 59.4 cm³/mol. The molecule has 0 saturated carbocycles. The summed E-state index contributed by atoms with van der Waals surface area (Å²) >= 11 is 1.79. The van der Waals surface area contributed by atoms with Crippen molar-refractivity contribution in [2.75, 3.05) is 6.54 Å². The van der Waals surface area contributed by atoms with Gasteiger partial charge in [-0.25, -0.2) is 0 Å². The molecule has 0 aromatic carbocycles. The lowest BCUT2D eigenvalue weighted by Gasteiger charge is -2.33. The summed E-state index contributed by atoms with van der Waals surface area (Å²) in [6.45, 7) is 6.23. The fourth-order valence-electron chi connectivity index (χ4n) is 2.00. The standard InChI is InChI=1S/C11H17NOS/c1-11(2)10(13)5-6-12(11)8-9-4-3-7-14-9/h3-4,7,10,13H,5-6,8H2,1-2H3. The third-order valence-electron chi connectivity index (χ3n) is 3.23. The maximum Gasteiger partial charge on any atom is 0.0730 e. The van der Waals surface area contributed by atoms with Crippen LogP contribution in [0.5, 0.6) is 0 Å². The van der Waals surface area contributed by atoms with Gasteiger partial charge in [-0.05, 0) is 31.7 Å². The monoisotopic (exact) mass is 211 g/mol. The summed E-state index contributed by atoms with van der Waals surface area (Å²) < 4.78 is 0. The highest BCUT2D eigenvalue weighted by Crippen LogP contribution is 2.30. The van der Waals surface area contributed by atoms with Crippen LogP contribution in [0, 0.1) is 0 Å². The molecule has 0 aliphatic carbocycles. The van der Waals surface area contributed by atoms with E-state index in [1.807, 2.05) is 0 Å². The van der Waals surface area contributed by atoms with Gasteiger partial charge in [-0.15, -0.1) is 11.3 Å². The average Bonchev–Trinajstić information content (AvgIpc) is 2.70. The van der Waals surface area contributed by atoms with Crippen molar-refractivity contribution < 1.29 is 5.11 Å². The molecule has 1 aromatic rings. The summed E-state index contributed by atoms with van der Waals surface area (Å²) in [4.78, 5) is 3.75. The van der Waals surface area contributed by atoms with Crippen LogP contribution in [0.2, 0.25) is 0 Å². The summed E-state index contributed by atoms with van der Waals surface area (Å²) in [6, 6.07) is 4.24. The molecule has 3 heteroatoms. The van der Waals surface area contributed by atoms with E-state index in [2.05, 4.69) is 36.3 Å². The maximum absolute atomic E-state index is 9.82. The Bertz CT molecular complexity index is 294. The van der Waals surface area contributed by atoms with Crippen LogP contribution in [0.25, 0.3) is 0 Å². The highest BCUT2D eigenvalue weighted by molar-refractivity contribution is 7.09. The Labute approximate surface area is 89.2 Å². The van der Waals surface area contributed by atoms with Crippen molar-refractivity contribution in [3.63, 3.8) is 0 Å². The Kier molecular flexibility index (Phi) is 2.64. The second-order valence-electron chi connectivity index (χ2n) is 4.46. The summed E-state index contributed by atoms with van der Waals surface area (Å²) in [6.07, 6.45) is 0.723. The van der Waals surface area contributed by atoms with Crippen LogP contribution in [-0.4, -0.2) is 28.2 Å². The van der Waals surface area contributed by atoms with Crippen LogP contribution in [0.3, 0.4) is 0 Å². The molecular weight excluding hydrogens is 194 g/mol. The zero-order valence-corrected chi connectivity index (χ0v) is 9.55. The third-order valence-corrected chi connectivity index (χ3v) is 4.09. The van der Waals surface area contributed by atoms with Crippen LogP contribution in [-0.2, 0) is 6.54 Å². The summed E-state index contributed by atoms with van der Waals surface area (Å²) in [5.74, 6) is 0. The van der Waals surface area contributed by atoms with Gasteiger partial charge in [0.05, 0.1) is 6.10 Å². The first-order chi connectivity index (χ1) is 6.60. The Morgan fingerprint density at radius 3 is 2.93 bits per heavy atom. The van der Waals surface area contributed by atoms with Crippen LogP contribution in [0.15, 0.2) is 17.5 Å². The lowest BCUT2D eigenvalue weighted by molar-refractivity contribution is 0.0511. The normalized spacial score (nSPS) is 26.9. The molecule has 1 aliphatic heterocycles. The van der Waals surface area contributed by atoms with E-state index in [4.69, 9.17) is 0 Å². The molecule has 2 nitrogen and oxygen atoms in total. The van der Waals surface area contributed by atoms with E-state index < -0.39 is 0 Å². The quantitative estimate of drug-likeness (QED) is 0.809. The van der Waals surface area contributed by atoms with Gasteiger partial charge in [0, 0.05) is 23.5 Å². The van der Waals surface area contributed by atoms with Crippen molar-refractivity contribution in [1.29, 1.82) is 0 Å². The second kappa shape index (κ2) is 3.65. The Balaban J connectivity index is 2.06. The molecular formula is C11H17NOS. The molecule has 1 saturated heterocycles. The number of thiophene rings is 1. The van der Waals surface area contributed by atoms with Gasteiger partial charge >= 0.3 is 0 Å². The van der Waals surface area contributed by atoms with E-state index >= 15 is 0 Å². The molecule has 2 heterocycles. The summed E-state index contributed by atoms with van der Waals surface area (Å²) in [5.41, 5.74) is -0.0655. The van der Waals surface area contributed by atoms with Crippen LogP contribution in [0.1, 0.15) is 25.1 Å². The molecule has 1 aromatic heterocycles. The summed E-state index contributed by atoms with van der Waals surface area (Å²) in [7, 11) is 0. The molecule has 14 heavy (non-hydrogen) atoms. The fraction of sp³-hybridized carbons (Fsp3) is 0.636. The minimum atomic E-state index is -0.178. The predicted octanol–water partition coefficient (Wildman–Crippen LogP) is 2.09. The van der Waals surface area contributed by atoms with Crippen molar-refractivity contribution >= 4 is 11.3 Å². The van der Waals surface area contributed by atoms with Gasteiger partial charge in [0.2, 0.25) is 0 Å². The van der Waals surface area contributed by atoms with E-state index in [1.165, 1.54) is 4.88 Å². The lowest BCUT2D eigenvalue weighted by Crippen LogP contribution is -2.44.